The average Bonchev–Trinajstić information content (AvgIpc) is 2.68. The number of carbonyl (C=O) groups is 2. The molecule has 11 heteroatoms. The third kappa shape index (κ3) is 4.97. The van der Waals surface area contributed by atoms with Crippen LogP contribution in [0.4, 0.5) is 10.5 Å². The van der Waals surface area contributed by atoms with Crippen molar-refractivity contribution in [3.05, 3.63) is 26.7 Å². The van der Waals surface area contributed by atoms with E-state index in [0.29, 0.717) is 48.6 Å². The van der Waals surface area contributed by atoms with E-state index in [9.17, 15) is 19.5 Å². The molecule has 168 valence electrons. The summed E-state index contributed by atoms with van der Waals surface area (Å²) >= 11 is 3.24. The molecule has 0 atom stereocenters. The Morgan fingerprint density at radius 1 is 1.23 bits per heavy atom. The molecule has 0 aliphatic carbocycles. The summed E-state index contributed by atoms with van der Waals surface area (Å²) in [6.45, 7) is 8.59. The number of hydrogen-bond acceptors (Lipinski definition) is 7. The molecule has 0 bridgehead atoms. The van der Waals surface area contributed by atoms with Gasteiger partial charge >= 0.3 is 12.1 Å². The van der Waals surface area contributed by atoms with Gasteiger partial charge < -0.3 is 24.2 Å². The third-order valence-electron chi connectivity index (χ3n) is 4.88. The number of fused-ring (bicyclic) bond motifs is 1. The molecule has 31 heavy (non-hydrogen) atoms. The number of hydrogen-bond donors (Lipinski definition) is 1. The molecular formula is C20H26BrN5O5. The smallest absolute Gasteiger partial charge is 0.410 e. The zero-order chi connectivity index (χ0) is 22.9. The van der Waals surface area contributed by atoms with E-state index in [1.54, 1.807) is 4.90 Å². The van der Waals surface area contributed by atoms with Crippen LogP contribution in [-0.4, -0.2) is 68.4 Å². The van der Waals surface area contributed by atoms with E-state index in [4.69, 9.17) is 4.74 Å². The zero-order valence-electron chi connectivity index (χ0n) is 18.0. The van der Waals surface area contributed by atoms with Gasteiger partial charge in [-0.25, -0.2) is 14.8 Å². The molecular weight excluding hydrogens is 470 g/mol. The number of halogens is 1. The molecule has 0 aromatic carbocycles. The van der Waals surface area contributed by atoms with E-state index in [1.807, 2.05) is 32.6 Å². The van der Waals surface area contributed by atoms with Gasteiger partial charge in [0.15, 0.2) is 11.2 Å². The number of piperazine rings is 1. The second-order valence-electron chi connectivity index (χ2n) is 8.28. The van der Waals surface area contributed by atoms with Crippen LogP contribution in [0, 0.1) is 0 Å². The molecule has 10 nitrogen and oxygen atoms in total. The summed E-state index contributed by atoms with van der Waals surface area (Å²) in [4.78, 5) is 49.3. The van der Waals surface area contributed by atoms with E-state index in [0.717, 1.165) is 0 Å². The van der Waals surface area contributed by atoms with Crippen LogP contribution in [0.1, 0.15) is 33.4 Å². The lowest BCUT2D eigenvalue weighted by Crippen LogP contribution is -2.51. The van der Waals surface area contributed by atoms with Gasteiger partial charge in [0.2, 0.25) is 5.43 Å². The monoisotopic (exact) mass is 495 g/mol. The molecule has 1 saturated heterocycles. The molecule has 0 unspecified atom stereocenters. The molecule has 0 saturated carbocycles. The lowest BCUT2D eigenvalue weighted by atomic mass is 10.1. The van der Waals surface area contributed by atoms with Crippen LogP contribution in [0.2, 0.25) is 0 Å². The number of carboxylic acid groups (broad SMARTS) is 1. The average molecular weight is 496 g/mol. The van der Waals surface area contributed by atoms with Gasteiger partial charge in [0, 0.05) is 31.9 Å². The number of rotatable bonds is 4. The Morgan fingerprint density at radius 3 is 2.42 bits per heavy atom. The minimum atomic E-state index is -1.04. The van der Waals surface area contributed by atoms with E-state index >= 15 is 0 Å². The maximum atomic E-state index is 13.4. The van der Waals surface area contributed by atoms with Crippen LogP contribution in [0.15, 0.2) is 15.6 Å². The lowest BCUT2D eigenvalue weighted by Gasteiger charge is -2.37. The maximum Gasteiger partial charge on any atom is 0.410 e. The van der Waals surface area contributed by atoms with Crippen molar-refractivity contribution in [3.63, 3.8) is 0 Å². The highest BCUT2D eigenvalue weighted by atomic mass is 79.9. The number of ether oxygens (including phenoxy) is 1. The Kier molecular flexibility index (Phi) is 6.54. The molecule has 3 rings (SSSR count). The number of aromatic nitrogens is 3. The number of amides is 1. The zero-order valence-corrected chi connectivity index (χ0v) is 19.6. The molecule has 3 heterocycles. The maximum absolute atomic E-state index is 13.4. The number of nitrogens with zero attached hydrogens (tertiary/aromatic N) is 5. The highest BCUT2D eigenvalue weighted by Gasteiger charge is 2.29. The van der Waals surface area contributed by atoms with Gasteiger partial charge in [-0.3, -0.25) is 9.59 Å². The predicted molar refractivity (Wildman–Crippen MR) is 119 cm³/mol. The normalized spacial score (nSPS) is 14.7. The number of carbonyl (C=O) groups excluding carboxylic acids is 1. The number of anilines is 1. The van der Waals surface area contributed by atoms with Crippen molar-refractivity contribution in [1.82, 2.24) is 19.4 Å². The Morgan fingerprint density at radius 2 is 1.87 bits per heavy atom. The predicted octanol–water partition coefficient (Wildman–Crippen LogP) is 2.26. The Labute approximate surface area is 187 Å². The fraction of sp³-hybridized carbons (Fsp3) is 0.550. The summed E-state index contributed by atoms with van der Waals surface area (Å²) < 4.78 is 7.36. The van der Waals surface area contributed by atoms with Crippen LogP contribution >= 0.6 is 15.9 Å². The summed E-state index contributed by atoms with van der Waals surface area (Å²) in [5.41, 5.74) is 0.460. The second kappa shape index (κ2) is 8.81. The van der Waals surface area contributed by atoms with Crippen LogP contribution in [0.3, 0.4) is 0 Å². The van der Waals surface area contributed by atoms with Crippen LogP contribution in [0.5, 0.6) is 0 Å². The van der Waals surface area contributed by atoms with E-state index in [1.165, 1.54) is 10.8 Å². The van der Waals surface area contributed by atoms with Crippen molar-refractivity contribution < 1.29 is 19.4 Å². The highest BCUT2D eigenvalue weighted by molar-refractivity contribution is 9.10. The van der Waals surface area contributed by atoms with Crippen molar-refractivity contribution in [3.8, 4) is 0 Å². The Hall–Kier alpha value is -2.69. The van der Waals surface area contributed by atoms with Crippen molar-refractivity contribution >= 4 is 44.8 Å². The number of pyridine rings is 1. The molecule has 1 aliphatic heterocycles. The van der Waals surface area contributed by atoms with Gasteiger partial charge in [0.05, 0.1) is 6.20 Å². The molecule has 1 aliphatic rings. The fourth-order valence-electron chi connectivity index (χ4n) is 3.64. The number of carboxylic acids is 1. The summed E-state index contributed by atoms with van der Waals surface area (Å²) in [6, 6.07) is 0. The summed E-state index contributed by atoms with van der Waals surface area (Å²) in [5, 5.41) is 9.43. The number of aliphatic carboxylic acids is 1. The van der Waals surface area contributed by atoms with Gasteiger partial charge in [0.1, 0.15) is 22.4 Å². The van der Waals surface area contributed by atoms with Crippen molar-refractivity contribution in [2.75, 3.05) is 31.1 Å². The first-order valence-corrected chi connectivity index (χ1v) is 10.8. The lowest BCUT2D eigenvalue weighted by molar-refractivity contribution is -0.137. The van der Waals surface area contributed by atoms with Gasteiger partial charge in [-0.1, -0.05) is 6.92 Å². The second-order valence-corrected chi connectivity index (χ2v) is 9.09. The fourth-order valence-corrected chi connectivity index (χ4v) is 3.92. The molecule has 1 amide bonds. The van der Waals surface area contributed by atoms with Gasteiger partial charge in [-0.05, 0) is 43.1 Å². The first kappa shape index (κ1) is 23.0. The van der Waals surface area contributed by atoms with Crippen molar-refractivity contribution in [2.24, 2.45) is 0 Å². The van der Waals surface area contributed by atoms with Gasteiger partial charge in [-0.2, -0.15) is 0 Å². The van der Waals surface area contributed by atoms with Gasteiger partial charge in [-0.15, -0.1) is 0 Å². The largest absolute Gasteiger partial charge is 0.480 e. The molecule has 1 fully saturated rings. The minimum absolute atomic E-state index is 0.109. The molecule has 2 aromatic heterocycles. The SMILES string of the molecule is CCc1c(N2CCN(C(=O)OC(C)(C)C)CC2)c(=O)c2nc(Br)cnc2n1CC(=O)O. The van der Waals surface area contributed by atoms with Crippen LogP contribution in [0.25, 0.3) is 11.2 Å². The highest BCUT2D eigenvalue weighted by Crippen LogP contribution is 2.24. The molecule has 1 N–H and O–H groups in total. The van der Waals surface area contributed by atoms with E-state index in [2.05, 4.69) is 25.9 Å². The summed E-state index contributed by atoms with van der Waals surface area (Å²) in [6.07, 6.45) is 1.50. The van der Waals surface area contributed by atoms with Crippen LogP contribution < -0.4 is 10.3 Å². The Bertz CT molecular complexity index is 1070. The quantitative estimate of drug-likeness (QED) is 0.685. The summed E-state index contributed by atoms with van der Waals surface area (Å²) in [5.74, 6) is -1.04. The molecule has 0 radical (unpaired) electrons. The standard InChI is InChI=1S/C20H26BrN5O5/c1-5-12-16(24-6-8-25(9-7-24)19(30)31-20(2,3)4)17(29)15-18(22-10-13(21)23-15)26(12)11-14(27)28/h10H,5-9,11H2,1-4H3,(H,27,28). The van der Waals surface area contributed by atoms with E-state index in [-0.39, 0.29) is 29.2 Å². The minimum Gasteiger partial charge on any atom is -0.480 e. The third-order valence-corrected chi connectivity index (χ3v) is 5.27. The van der Waals surface area contributed by atoms with E-state index < -0.39 is 11.6 Å². The first-order chi connectivity index (χ1) is 14.5. The topological polar surface area (TPSA) is 118 Å². The molecule has 2 aromatic rings. The van der Waals surface area contributed by atoms with Gasteiger partial charge in [0.25, 0.3) is 0 Å². The van der Waals surface area contributed by atoms with Crippen LogP contribution in [-0.2, 0) is 22.5 Å². The summed E-state index contributed by atoms with van der Waals surface area (Å²) in [7, 11) is 0. The molecule has 0 spiro atoms. The Balaban J connectivity index is 2.01. The van der Waals surface area contributed by atoms with Crippen molar-refractivity contribution in [1.29, 1.82) is 0 Å². The first-order valence-electron chi connectivity index (χ1n) is 10.0. The van der Waals surface area contributed by atoms with Crippen molar-refractivity contribution in [2.45, 2.75) is 46.3 Å².